The van der Waals surface area contributed by atoms with Gasteiger partial charge in [0.25, 0.3) is 0 Å². The van der Waals surface area contributed by atoms with Crippen molar-refractivity contribution in [1.29, 1.82) is 5.26 Å². The van der Waals surface area contributed by atoms with Gasteiger partial charge in [0.05, 0.1) is 6.07 Å². The van der Waals surface area contributed by atoms with E-state index in [0.29, 0.717) is 5.92 Å². The predicted molar refractivity (Wildman–Crippen MR) is 56.5 cm³/mol. The number of nitrogens with zero attached hydrogens (tertiary/aromatic N) is 1. The lowest BCUT2D eigenvalue weighted by Gasteiger charge is -2.29. The van der Waals surface area contributed by atoms with Crippen LogP contribution in [0.2, 0.25) is 0 Å². The first-order valence-electron chi connectivity index (χ1n) is 5.39. The molecule has 1 heterocycles. The van der Waals surface area contributed by atoms with Crippen molar-refractivity contribution in [1.82, 2.24) is 5.32 Å². The monoisotopic (exact) mass is 188 g/mol. The van der Waals surface area contributed by atoms with Crippen molar-refractivity contribution in [2.75, 3.05) is 13.1 Å². The number of rotatable bonds is 1. The van der Waals surface area contributed by atoms with Crippen molar-refractivity contribution in [2.24, 2.45) is 11.8 Å². The van der Waals surface area contributed by atoms with Gasteiger partial charge in [-0.3, -0.25) is 0 Å². The minimum absolute atomic E-state index is 0.675. The van der Waals surface area contributed by atoms with E-state index in [4.69, 9.17) is 5.26 Å². The van der Waals surface area contributed by atoms with Gasteiger partial charge in [-0.25, -0.2) is 0 Å². The molecule has 14 heavy (non-hydrogen) atoms. The van der Waals surface area contributed by atoms with E-state index in [2.05, 4.69) is 23.5 Å². The number of allylic oxidation sites excluding steroid dienone is 4. The molecule has 0 aromatic rings. The maximum atomic E-state index is 8.71. The Hall–Kier alpha value is -1.07. The molecule has 2 nitrogen and oxygen atoms in total. The topological polar surface area (TPSA) is 35.8 Å². The number of piperidine rings is 1. The minimum atomic E-state index is 0.675. The normalized spacial score (nSPS) is 28.2. The van der Waals surface area contributed by atoms with E-state index < -0.39 is 0 Å². The lowest BCUT2D eigenvalue weighted by atomic mass is 9.80. The number of hydrogen-bond acceptors (Lipinski definition) is 2. The fourth-order valence-electron chi connectivity index (χ4n) is 2.34. The van der Waals surface area contributed by atoms with Crippen molar-refractivity contribution in [3.05, 3.63) is 23.8 Å². The molecule has 2 rings (SSSR count). The Bertz CT molecular complexity index is 290. The van der Waals surface area contributed by atoms with E-state index >= 15 is 0 Å². The number of hydrogen-bond donors (Lipinski definition) is 1. The maximum Gasteiger partial charge on any atom is 0.0988 e. The highest BCUT2D eigenvalue weighted by molar-refractivity contribution is 5.35. The van der Waals surface area contributed by atoms with Crippen LogP contribution < -0.4 is 5.32 Å². The van der Waals surface area contributed by atoms with Crippen LogP contribution >= 0.6 is 0 Å². The van der Waals surface area contributed by atoms with Crippen molar-refractivity contribution < 1.29 is 0 Å². The molecule has 0 radical (unpaired) electrons. The van der Waals surface area contributed by atoms with E-state index in [-0.39, 0.29) is 0 Å². The molecular formula is C12H16N2. The third kappa shape index (κ3) is 2.05. The zero-order valence-corrected chi connectivity index (χ0v) is 8.37. The fraction of sp³-hybridized carbons (Fsp3) is 0.583. The Balaban J connectivity index is 1.93. The molecule has 74 valence electrons. The number of nitriles is 1. The average Bonchev–Trinajstić information content (AvgIpc) is 2.30. The third-order valence-corrected chi connectivity index (χ3v) is 3.25. The summed E-state index contributed by atoms with van der Waals surface area (Å²) in [5, 5.41) is 12.1. The molecule has 1 unspecified atom stereocenters. The van der Waals surface area contributed by atoms with Gasteiger partial charge in [-0.1, -0.05) is 12.2 Å². The smallest absolute Gasteiger partial charge is 0.0988 e. The van der Waals surface area contributed by atoms with Gasteiger partial charge in [0.2, 0.25) is 0 Å². The van der Waals surface area contributed by atoms with Crippen molar-refractivity contribution in [3.63, 3.8) is 0 Å². The quantitative estimate of drug-likeness (QED) is 0.683. The molecule has 0 amide bonds. The zero-order valence-electron chi connectivity index (χ0n) is 8.37. The summed E-state index contributed by atoms with van der Waals surface area (Å²) in [7, 11) is 0. The van der Waals surface area contributed by atoms with Crippen LogP contribution in [0.15, 0.2) is 23.8 Å². The van der Waals surface area contributed by atoms with Gasteiger partial charge >= 0.3 is 0 Å². The maximum absolute atomic E-state index is 8.71. The first-order chi connectivity index (χ1) is 6.90. The third-order valence-electron chi connectivity index (χ3n) is 3.25. The second-order valence-electron chi connectivity index (χ2n) is 4.12. The zero-order chi connectivity index (χ0) is 9.80. The Labute approximate surface area is 85.3 Å². The summed E-state index contributed by atoms with van der Waals surface area (Å²) in [6.45, 7) is 2.31. The molecule has 1 saturated heterocycles. The van der Waals surface area contributed by atoms with Crippen molar-refractivity contribution in [3.8, 4) is 6.07 Å². The number of nitrogens with one attached hydrogen (secondary N) is 1. The first kappa shape index (κ1) is 9.48. The molecule has 0 aromatic heterocycles. The summed E-state index contributed by atoms with van der Waals surface area (Å²) >= 11 is 0. The van der Waals surface area contributed by atoms with Gasteiger partial charge in [-0.2, -0.15) is 5.26 Å². The molecule has 1 aliphatic carbocycles. The fourth-order valence-corrected chi connectivity index (χ4v) is 2.34. The van der Waals surface area contributed by atoms with Gasteiger partial charge in [0.1, 0.15) is 0 Å². The molecule has 1 N–H and O–H groups in total. The van der Waals surface area contributed by atoms with Gasteiger partial charge < -0.3 is 5.32 Å². The van der Waals surface area contributed by atoms with Crippen LogP contribution in [0.5, 0.6) is 0 Å². The van der Waals surface area contributed by atoms with Crippen LogP contribution in [0.4, 0.5) is 0 Å². The largest absolute Gasteiger partial charge is 0.317 e. The minimum Gasteiger partial charge on any atom is -0.317 e. The lowest BCUT2D eigenvalue weighted by Crippen LogP contribution is -2.31. The second kappa shape index (κ2) is 4.43. The molecule has 0 aromatic carbocycles. The van der Waals surface area contributed by atoms with Crippen LogP contribution in [0.25, 0.3) is 0 Å². The van der Waals surface area contributed by atoms with Gasteiger partial charge in [0, 0.05) is 5.57 Å². The summed E-state index contributed by atoms with van der Waals surface area (Å²) in [6, 6.07) is 2.19. The molecule has 2 aliphatic rings. The van der Waals surface area contributed by atoms with E-state index in [9.17, 15) is 0 Å². The Morgan fingerprint density at radius 3 is 2.71 bits per heavy atom. The Morgan fingerprint density at radius 1 is 1.36 bits per heavy atom. The van der Waals surface area contributed by atoms with Crippen molar-refractivity contribution in [2.45, 2.75) is 19.3 Å². The standard InChI is InChI=1S/C12H16N2/c13-9-10-1-3-11(4-2-10)12-5-7-14-8-6-12/h1-3,11-12,14H,4-8H2. The Morgan fingerprint density at radius 2 is 2.14 bits per heavy atom. The summed E-state index contributed by atoms with van der Waals surface area (Å²) in [6.07, 6.45) is 9.91. The van der Waals surface area contributed by atoms with Gasteiger partial charge in [-0.05, 0) is 50.3 Å². The van der Waals surface area contributed by atoms with E-state index in [0.717, 1.165) is 31.0 Å². The average molecular weight is 188 g/mol. The molecule has 1 aliphatic heterocycles. The summed E-state index contributed by atoms with van der Waals surface area (Å²) in [5.74, 6) is 1.50. The Kier molecular flexibility index (Phi) is 3.00. The highest BCUT2D eigenvalue weighted by Crippen LogP contribution is 2.29. The van der Waals surface area contributed by atoms with Crippen molar-refractivity contribution >= 4 is 0 Å². The molecule has 0 spiro atoms. The summed E-state index contributed by atoms with van der Waals surface area (Å²) in [5.41, 5.74) is 0.829. The molecule has 0 bridgehead atoms. The van der Waals surface area contributed by atoms with Gasteiger partial charge in [-0.15, -0.1) is 0 Å². The van der Waals surface area contributed by atoms with Gasteiger partial charge in [0.15, 0.2) is 0 Å². The summed E-state index contributed by atoms with van der Waals surface area (Å²) in [4.78, 5) is 0. The predicted octanol–water partition coefficient (Wildman–Crippen LogP) is 2.01. The van der Waals surface area contributed by atoms with Crippen LogP contribution in [0.1, 0.15) is 19.3 Å². The molecule has 0 saturated carbocycles. The van der Waals surface area contributed by atoms with Crippen LogP contribution in [-0.2, 0) is 0 Å². The molecule has 2 heteroatoms. The lowest BCUT2D eigenvalue weighted by molar-refractivity contribution is 0.299. The first-order valence-corrected chi connectivity index (χ1v) is 5.39. The molecular weight excluding hydrogens is 172 g/mol. The summed E-state index contributed by atoms with van der Waals surface area (Å²) < 4.78 is 0. The second-order valence-corrected chi connectivity index (χ2v) is 4.12. The highest BCUT2D eigenvalue weighted by atomic mass is 14.9. The van der Waals surface area contributed by atoms with E-state index in [1.54, 1.807) is 0 Å². The molecule has 1 atom stereocenters. The SMILES string of the molecule is N#CC1=CCC(C2CCNCC2)C=C1. The highest BCUT2D eigenvalue weighted by Gasteiger charge is 2.21. The van der Waals surface area contributed by atoms with Crippen LogP contribution in [0.3, 0.4) is 0 Å². The van der Waals surface area contributed by atoms with Crippen LogP contribution in [-0.4, -0.2) is 13.1 Å². The molecule has 1 fully saturated rings. The van der Waals surface area contributed by atoms with Crippen LogP contribution in [0, 0.1) is 23.2 Å². The van der Waals surface area contributed by atoms with E-state index in [1.165, 1.54) is 12.8 Å². The van der Waals surface area contributed by atoms with E-state index in [1.807, 2.05) is 6.08 Å².